The van der Waals surface area contributed by atoms with E-state index in [2.05, 4.69) is 4.74 Å². The molecule has 0 saturated carbocycles. The van der Waals surface area contributed by atoms with E-state index in [0.717, 1.165) is 0 Å². The number of hydrogen-bond donors (Lipinski definition) is 1. The van der Waals surface area contributed by atoms with Crippen molar-refractivity contribution in [1.82, 2.24) is 0 Å². The van der Waals surface area contributed by atoms with Gasteiger partial charge in [-0.1, -0.05) is 27.7 Å². The van der Waals surface area contributed by atoms with Crippen molar-refractivity contribution in [3.63, 3.8) is 0 Å². The molecule has 84 valence electrons. The molecular weight excluding hydrogens is 180 g/mol. The van der Waals surface area contributed by atoms with Crippen LogP contribution in [0.4, 0.5) is 0 Å². The third-order valence-electron chi connectivity index (χ3n) is 2.23. The van der Waals surface area contributed by atoms with Crippen LogP contribution in [0.3, 0.4) is 0 Å². The van der Waals surface area contributed by atoms with Crippen molar-refractivity contribution in [2.45, 2.75) is 46.6 Å². The van der Waals surface area contributed by atoms with Gasteiger partial charge in [0.1, 0.15) is 0 Å². The quantitative estimate of drug-likeness (QED) is 0.709. The molecule has 0 heterocycles. The minimum atomic E-state index is -0.604. The molecule has 0 radical (unpaired) electrons. The van der Waals surface area contributed by atoms with Crippen LogP contribution in [-0.2, 0) is 9.53 Å². The normalized spacial score (nSPS) is 16.1. The van der Waals surface area contributed by atoms with Gasteiger partial charge in [-0.05, 0) is 18.3 Å². The summed E-state index contributed by atoms with van der Waals surface area (Å²) in [5, 5.41) is 9.85. The molecule has 3 nitrogen and oxygen atoms in total. The van der Waals surface area contributed by atoms with Crippen molar-refractivity contribution >= 4 is 5.97 Å². The highest BCUT2D eigenvalue weighted by molar-refractivity contribution is 5.72. The van der Waals surface area contributed by atoms with Gasteiger partial charge in [0.15, 0.2) is 0 Å². The van der Waals surface area contributed by atoms with Crippen LogP contribution in [0.1, 0.15) is 40.5 Å². The van der Waals surface area contributed by atoms with Gasteiger partial charge >= 0.3 is 5.97 Å². The summed E-state index contributed by atoms with van der Waals surface area (Å²) in [4.78, 5) is 11.3. The van der Waals surface area contributed by atoms with Crippen LogP contribution in [0.2, 0.25) is 0 Å². The number of rotatable bonds is 4. The van der Waals surface area contributed by atoms with Crippen LogP contribution in [-0.4, -0.2) is 24.3 Å². The summed E-state index contributed by atoms with van der Waals surface area (Å²) in [6.07, 6.45) is 0.622. The van der Waals surface area contributed by atoms with Crippen LogP contribution in [0.25, 0.3) is 0 Å². The highest BCUT2D eigenvalue weighted by Gasteiger charge is 2.29. The fourth-order valence-corrected chi connectivity index (χ4v) is 1.52. The van der Waals surface area contributed by atoms with Crippen LogP contribution >= 0.6 is 0 Å². The first-order chi connectivity index (χ1) is 6.31. The molecule has 0 bridgehead atoms. The lowest BCUT2D eigenvalue weighted by atomic mass is 9.84. The monoisotopic (exact) mass is 202 g/mol. The Labute approximate surface area is 86.5 Å². The van der Waals surface area contributed by atoms with Crippen LogP contribution in [0.15, 0.2) is 0 Å². The summed E-state index contributed by atoms with van der Waals surface area (Å²) >= 11 is 0. The Morgan fingerprint density at radius 2 is 1.93 bits per heavy atom. The lowest BCUT2D eigenvalue weighted by Crippen LogP contribution is -2.32. The van der Waals surface area contributed by atoms with Crippen LogP contribution in [0, 0.1) is 11.3 Å². The Balaban J connectivity index is 4.32. The summed E-state index contributed by atoms with van der Waals surface area (Å²) in [5.74, 6) is -0.705. The molecule has 0 rings (SSSR count). The predicted molar refractivity (Wildman–Crippen MR) is 55.9 cm³/mol. The first kappa shape index (κ1) is 13.4. The van der Waals surface area contributed by atoms with Gasteiger partial charge in [-0.15, -0.1) is 0 Å². The molecule has 3 heteroatoms. The van der Waals surface area contributed by atoms with E-state index in [1.807, 2.05) is 27.7 Å². The third kappa shape index (κ3) is 4.61. The predicted octanol–water partition coefficient (Wildman–Crippen LogP) is 1.98. The molecule has 1 N–H and O–H groups in total. The average molecular weight is 202 g/mol. The number of methoxy groups -OCH3 is 1. The summed E-state index contributed by atoms with van der Waals surface area (Å²) in [6, 6.07) is 0. The maximum Gasteiger partial charge on any atom is 0.311 e. The molecule has 0 aromatic heterocycles. The molecule has 0 spiro atoms. The van der Waals surface area contributed by atoms with Gasteiger partial charge in [-0.2, -0.15) is 0 Å². The first-order valence-electron chi connectivity index (χ1n) is 5.07. The van der Waals surface area contributed by atoms with E-state index in [0.29, 0.717) is 12.8 Å². The van der Waals surface area contributed by atoms with Crippen molar-refractivity contribution in [1.29, 1.82) is 0 Å². The van der Waals surface area contributed by atoms with Crippen molar-refractivity contribution < 1.29 is 14.6 Å². The molecule has 0 aliphatic rings. The molecule has 14 heavy (non-hydrogen) atoms. The number of ether oxygens (including phenoxy) is 1. The molecule has 0 aliphatic carbocycles. The summed E-state index contributed by atoms with van der Waals surface area (Å²) in [7, 11) is 1.36. The molecular formula is C11H22O3. The van der Waals surface area contributed by atoms with Crippen molar-refractivity contribution in [3.05, 3.63) is 0 Å². The summed E-state index contributed by atoms with van der Waals surface area (Å²) in [6.45, 7) is 8.01. The van der Waals surface area contributed by atoms with Gasteiger partial charge in [0.05, 0.1) is 19.1 Å². The molecule has 2 atom stereocenters. The Hall–Kier alpha value is -0.570. The largest absolute Gasteiger partial charge is 0.469 e. The molecule has 0 amide bonds. The lowest BCUT2D eigenvalue weighted by molar-refractivity contribution is -0.150. The van der Waals surface area contributed by atoms with E-state index in [9.17, 15) is 9.90 Å². The highest BCUT2D eigenvalue weighted by atomic mass is 16.5. The standard InChI is InChI=1S/C11H22O3/c1-6-8(10(13)14-5)9(12)7-11(2,3)4/h8-9,12H,6-7H2,1-5H3. The average Bonchev–Trinajstić information content (AvgIpc) is 2.01. The molecule has 0 fully saturated rings. The number of carbonyl (C=O) groups excluding carboxylic acids is 1. The molecule has 0 aliphatic heterocycles. The van der Waals surface area contributed by atoms with E-state index in [4.69, 9.17) is 0 Å². The Morgan fingerprint density at radius 3 is 2.21 bits per heavy atom. The smallest absolute Gasteiger partial charge is 0.311 e. The van der Waals surface area contributed by atoms with Crippen molar-refractivity contribution in [2.24, 2.45) is 11.3 Å². The van der Waals surface area contributed by atoms with E-state index in [-0.39, 0.29) is 17.3 Å². The summed E-state index contributed by atoms with van der Waals surface area (Å²) < 4.78 is 4.64. The maximum atomic E-state index is 11.3. The van der Waals surface area contributed by atoms with E-state index >= 15 is 0 Å². The van der Waals surface area contributed by atoms with E-state index in [1.54, 1.807) is 0 Å². The topological polar surface area (TPSA) is 46.5 Å². The molecule has 2 unspecified atom stereocenters. The van der Waals surface area contributed by atoms with Gasteiger partial charge in [0.25, 0.3) is 0 Å². The number of aliphatic hydroxyl groups excluding tert-OH is 1. The van der Waals surface area contributed by atoms with Crippen molar-refractivity contribution in [3.8, 4) is 0 Å². The maximum absolute atomic E-state index is 11.3. The third-order valence-corrected chi connectivity index (χ3v) is 2.23. The molecule has 0 saturated heterocycles. The summed E-state index contributed by atoms with van der Waals surface area (Å²) in [5.41, 5.74) is 0.0286. The number of carbonyl (C=O) groups is 1. The van der Waals surface area contributed by atoms with Gasteiger partial charge < -0.3 is 9.84 Å². The second kappa shape index (κ2) is 5.35. The number of hydrogen-bond acceptors (Lipinski definition) is 3. The Kier molecular flexibility index (Phi) is 5.13. The van der Waals surface area contributed by atoms with E-state index in [1.165, 1.54) is 7.11 Å². The molecule has 0 aromatic carbocycles. The van der Waals surface area contributed by atoms with Crippen LogP contribution < -0.4 is 0 Å². The first-order valence-corrected chi connectivity index (χ1v) is 5.07. The second-order valence-electron chi connectivity index (χ2n) is 4.87. The SMILES string of the molecule is CCC(C(=O)OC)C(O)CC(C)(C)C. The van der Waals surface area contributed by atoms with Gasteiger partial charge in [-0.3, -0.25) is 4.79 Å². The Morgan fingerprint density at radius 1 is 1.43 bits per heavy atom. The number of aliphatic hydroxyl groups is 1. The molecule has 0 aromatic rings. The van der Waals surface area contributed by atoms with Gasteiger partial charge in [0, 0.05) is 0 Å². The van der Waals surface area contributed by atoms with Crippen LogP contribution in [0.5, 0.6) is 0 Å². The number of esters is 1. The van der Waals surface area contributed by atoms with Crippen molar-refractivity contribution in [2.75, 3.05) is 7.11 Å². The zero-order valence-electron chi connectivity index (χ0n) is 9.83. The van der Waals surface area contributed by atoms with Gasteiger partial charge in [0.2, 0.25) is 0 Å². The van der Waals surface area contributed by atoms with Gasteiger partial charge in [-0.25, -0.2) is 0 Å². The van der Waals surface area contributed by atoms with E-state index < -0.39 is 6.10 Å². The second-order valence-corrected chi connectivity index (χ2v) is 4.87. The lowest BCUT2D eigenvalue weighted by Gasteiger charge is -2.26. The zero-order valence-corrected chi connectivity index (χ0v) is 9.83. The fraction of sp³-hybridized carbons (Fsp3) is 0.909. The highest BCUT2D eigenvalue weighted by Crippen LogP contribution is 2.25. The minimum absolute atomic E-state index is 0.0286. The zero-order chi connectivity index (χ0) is 11.4. The minimum Gasteiger partial charge on any atom is -0.469 e. The Bertz CT molecular complexity index is 181. The fourth-order valence-electron chi connectivity index (χ4n) is 1.52.